The van der Waals surface area contributed by atoms with Gasteiger partial charge in [0, 0.05) is 6.42 Å². The van der Waals surface area contributed by atoms with Crippen LogP contribution >= 0.6 is 0 Å². The maximum absolute atomic E-state index is 11.9. The first-order valence-electron chi connectivity index (χ1n) is 6.21. The van der Waals surface area contributed by atoms with Gasteiger partial charge >= 0.3 is 5.97 Å². The number of hydrogen-bond donors (Lipinski definition) is 0. The van der Waals surface area contributed by atoms with E-state index in [1.165, 1.54) is 0 Å². The molecule has 0 fully saturated rings. The minimum absolute atomic E-state index is 0.215. The highest BCUT2D eigenvalue weighted by atomic mass is 16.5. The van der Waals surface area contributed by atoms with E-state index in [1.807, 2.05) is 48.5 Å². The minimum atomic E-state index is -0.248. The number of ether oxygens (including phenoxy) is 2. The van der Waals surface area contributed by atoms with Gasteiger partial charge in [0.2, 0.25) is 0 Å². The molecule has 3 heteroatoms. The SMILES string of the molecule is COc1ccc([C@H]2Cc3ccccc3C(=O)O2)cc1. The van der Waals surface area contributed by atoms with E-state index in [1.54, 1.807) is 7.11 Å². The summed E-state index contributed by atoms with van der Waals surface area (Å²) in [5.74, 6) is 0.550. The predicted octanol–water partition coefficient (Wildman–Crippen LogP) is 3.15. The van der Waals surface area contributed by atoms with E-state index in [2.05, 4.69) is 0 Å². The van der Waals surface area contributed by atoms with Gasteiger partial charge in [-0.15, -0.1) is 0 Å². The normalized spacial score (nSPS) is 17.5. The van der Waals surface area contributed by atoms with Crippen LogP contribution in [0.5, 0.6) is 5.75 Å². The summed E-state index contributed by atoms with van der Waals surface area (Å²) in [5.41, 5.74) is 2.70. The molecule has 1 aliphatic heterocycles. The van der Waals surface area contributed by atoms with E-state index in [4.69, 9.17) is 9.47 Å². The highest BCUT2D eigenvalue weighted by Crippen LogP contribution is 2.31. The van der Waals surface area contributed by atoms with Gasteiger partial charge in [-0.25, -0.2) is 4.79 Å². The van der Waals surface area contributed by atoms with Crippen LogP contribution in [0.3, 0.4) is 0 Å². The maximum atomic E-state index is 11.9. The Balaban J connectivity index is 1.90. The summed E-state index contributed by atoms with van der Waals surface area (Å²) in [6, 6.07) is 15.2. The number of cyclic esters (lactones) is 1. The van der Waals surface area contributed by atoms with Crippen molar-refractivity contribution in [1.29, 1.82) is 0 Å². The highest BCUT2D eigenvalue weighted by molar-refractivity contribution is 5.92. The number of fused-ring (bicyclic) bond motifs is 1. The summed E-state index contributed by atoms with van der Waals surface area (Å²) >= 11 is 0. The molecule has 0 N–H and O–H groups in total. The van der Waals surface area contributed by atoms with Crippen LogP contribution in [0.2, 0.25) is 0 Å². The number of methoxy groups -OCH3 is 1. The van der Waals surface area contributed by atoms with Gasteiger partial charge in [-0.3, -0.25) is 0 Å². The van der Waals surface area contributed by atoms with Crippen molar-refractivity contribution in [2.45, 2.75) is 12.5 Å². The number of hydrogen-bond acceptors (Lipinski definition) is 3. The topological polar surface area (TPSA) is 35.5 Å². The molecular formula is C16H14O3. The van der Waals surface area contributed by atoms with Gasteiger partial charge in [0.1, 0.15) is 11.9 Å². The molecular weight excluding hydrogens is 240 g/mol. The summed E-state index contributed by atoms with van der Waals surface area (Å²) in [7, 11) is 1.63. The van der Waals surface area contributed by atoms with E-state index < -0.39 is 0 Å². The van der Waals surface area contributed by atoms with Crippen molar-refractivity contribution in [2.24, 2.45) is 0 Å². The second kappa shape index (κ2) is 4.76. The lowest BCUT2D eigenvalue weighted by atomic mass is 9.95. The molecule has 2 aromatic carbocycles. The van der Waals surface area contributed by atoms with E-state index in [0.29, 0.717) is 12.0 Å². The molecule has 19 heavy (non-hydrogen) atoms. The molecule has 0 unspecified atom stereocenters. The van der Waals surface area contributed by atoms with Crippen LogP contribution < -0.4 is 4.74 Å². The third kappa shape index (κ3) is 2.19. The zero-order valence-electron chi connectivity index (χ0n) is 10.6. The van der Waals surface area contributed by atoms with Crippen LogP contribution in [0.15, 0.2) is 48.5 Å². The molecule has 0 saturated carbocycles. The number of rotatable bonds is 2. The molecule has 1 atom stereocenters. The second-order valence-electron chi connectivity index (χ2n) is 4.53. The van der Waals surface area contributed by atoms with Gasteiger partial charge < -0.3 is 9.47 Å². The van der Waals surface area contributed by atoms with Crippen LogP contribution in [0, 0.1) is 0 Å². The van der Waals surface area contributed by atoms with E-state index in [9.17, 15) is 4.79 Å². The Morgan fingerprint density at radius 2 is 1.84 bits per heavy atom. The van der Waals surface area contributed by atoms with Crippen molar-refractivity contribution in [3.63, 3.8) is 0 Å². The third-order valence-electron chi connectivity index (χ3n) is 3.38. The van der Waals surface area contributed by atoms with Gasteiger partial charge in [0.15, 0.2) is 0 Å². The van der Waals surface area contributed by atoms with Crippen LogP contribution in [0.1, 0.15) is 27.6 Å². The predicted molar refractivity (Wildman–Crippen MR) is 71.3 cm³/mol. The number of carbonyl (C=O) groups is 1. The summed E-state index contributed by atoms with van der Waals surface area (Å²) in [6.07, 6.45) is 0.502. The van der Waals surface area contributed by atoms with Crippen LogP contribution in [-0.2, 0) is 11.2 Å². The Bertz CT molecular complexity index is 602. The fourth-order valence-electron chi connectivity index (χ4n) is 2.34. The van der Waals surface area contributed by atoms with Crippen molar-refractivity contribution in [1.82, 2.24) is 0 Å². The Morgan fingerprint density at radius 1 is 1.11 bits per heavy atom. The Labute approximate surface area is 111 Å². The Hall–Kier alpha value is -2.29. The van der Waals surface area contributed by atoms with Crippen LogP contribution in [0.25, 0.3) is 0 Å². The molecule has 0 spiro atoms. The summed E-state index contributed by atoms with van der Waals surface area (Å²) < 4.78 is 10.6. The quantitative estimate of drug-likeness (QED) is 0.772. The monoisotopic (exact) mass is 254 g/mol. The molecule has 0 saturated heterocycles. The zero-order chi connectivity index (χ0) is 13.2. The fraction of sp³-hybridized carbons (Fsp3) is 0.188. The smallest absolute Gasteiger partial charge is 0.339 e. The van der Waals surface area contributed by atoms with E-state index in [0.717, 1.165) is 16.9 Å². The fourth-order valence-corrected chi connectivity index (χ4v) is 2.34. The lowest BCUT2D eigenvalue weighted by molar-refractivity contribution is 0.0253. The molecule has 3 nitrogen and oxygen atoms in total. The second-order valence-corrected chi connectivity index (χ2v) is 4.53. The lowest BCUT2D eigenvalue weighted by Gasteiger charge is -2.24. The third-order valence-corrected chi connectivity index (χ3v) is 3.38. The lowest BCUT2D eigenvalue weighted by Crippen LogP contribution is -2.21. The zero-order valence-corrected chi connectivity index (χ0v) is 10.6. The van der Waals surface area contributed by atoms with Gasteiger partial charge in [-0.05, 0) is 29.3 Å². The summed E-state index contributed by atoms with van der Waals surface area (Å²) in [5, 5.41) is 0. The standard InChI is InChI=1S/C16H14O3/c1-18-13-8-6-11(7-9-13)15-10-12-4-2-3-5-14(12)16(17)19-15/h2-9,15H,10H2,1H3/t15-/m1/s1. The Morgan fingerprint density at radius 3 is 2.58 bits per heavy atom. The summed E-state index contributed by atoms with van der Waals surface area (Å²) in [4.78, 5) is 11.9. The summed E-state index contributed by atoms with van der Waals surface area (Å²) in [6.45, 7) is 0. The first-order valence-corrected chi connectivity index (χ1v) is 6.21. The van der Waals surface area contributed by atoms with E-state index in [-0.39, 0.29) is 12.1 Å². The first-order chi connectivity index (χ1) is 9.28. The molecule has 96 valence electrons. The molecule has 0 bridgehead atoms. The van der Waals surface area contributed by atoms with Crippen molar-refractivity contribution < 1.29 is 14.3 Å². The molecule has 0 radical (unpaired) electrons. The molecule has 1 heterocycles. The molecule has 2 aromatic rings. The highest BCUT2D eigenvalue weighted by Gasteiger charge is 2.26. The molecule has 0 amide bonds. The molecule has 0 aliphatic carbocycles. The van der Waals surface area contributed by atoms with E-state index >= 15 is 0 Å². The number of benzene rings is 2. The average molecular weight is 254 g/mol. The molecule has 0 aromatic heterocycles. The van der Waals surface area contributed by atoms with Crippen molar-refractivity contribution >= 4 is 5.97 Å². The molecule has 3 rings (SSSR count). The van der Waals surface area contributed by atoms with Gasteiger partial charge in [0.25, 0.3) is 0 Å². The first kappa shape index (κ1) is 11.8. The van der Waals surface area contributed by atoms with Crippen LogP contribution in [-0.4, -0.2) is 13.1 Å². The van der Waals surface area contributed by atoms with Crippen LogP contribution in [0.4, 0.5) is 0 Å². The largest absolute Gasteiger partial charge is 0.497 e. The van der Waals surface area contributed by atoms with Gasteiger partial charge in [-0.1, -0.05) is 30.3 Å². The van der Waals surface area contributed by atoms with Crippen molar-refractivity contribution in [2.75, 3.05) is 7.11 Å². The molecule has 1 aliphatic rings. The maximum Gasteiger partial charge on any atom is 0.339 e. The minimum Gasteiger partial charge on any atom is -0.497 e. The van der Waals surface area contributed by atoms with Gasteiger partial charge in [0.05, 0.1) is 12.7 Å². The average Bonchev–Trinajstić information content (AvgIpc) is 2.47. The van der Waals surface area contributed by atoms with Crippen molar-refractivity contribution in [3.8, 4) is 5.75 Å². The van der Waals surface area contributed by atoms with Gasteiger partial charge in [-0.2, -0.15) is 0 Å². The number of carbonyl (C=O) groups excluding carboxylic acids is 1. The van der Waals surface area contributed by atoms with Crippen molar-refractivity contribution in [3.05, 3.63) is 65.2 Å². The Kier molecular flexibility index (Phi) is 2.95. The number of esters is 1.